The molecule has 2 aromatic rings. The molecule has 0 spiro atoms. The predicted molar refractivity (Wildman–Crippen MR) is 84.1 cm³/mol. The zero-order valence-corrected chi connectivity index (χ0v) is 13.3. The Morgan fingerprint density at radius 2 is 2.10 bits per heavy atom. The molecule has 0 radical (unpaired) electrons. The normalized spacial score (nSPS) is 12.4. The van der Waals surface area contributed by atoms with Gasteiger partial charge in [0.2, 0.25) is 0 Å². The van der Waals surface area contributed by atoms with E-state index in [-0.39, 0.29) is 11.1 Å². The second-order valence-corrected chi connectivity index (χ2v) is 5.89. The lowest BCUT2D eigenvalue weighted by Crippen LogP contribution is -2.30. The van der Waals surface area contributed by atoms with E-state index >= 15 is 0 Å². The number of hydrazine groups is 1. The van der Waals surface area contributed by atoms with Gasteiger partial charge < -0.3 is 0 Å². The summed E-state index contributed by atoms with van der Waals surface area (Å²) in [5, 5.41) is 0.150. The van der Waals surface area contributed by atoms with Crippen LogP contribution >= 0.6 is 27.5 Å². The highest BCUT2D eigenvalue weighted by Gasteiger charge is 2.16. The van der Waals surface area contributed by atoms with Gasteiger partial charge in [0.1, 0.15) is 5.82 Å². The van der Waals surface area contributed by atoms with Crippen LogP contribution in [0.5, 0.6) is 0 Å². The topological polar surface area (TPSA) is 38.0 Å². The van der Waals surface area contributed by atoms with Gasteiger partial charge >= 0.3 is 0 Å². The van der Waals surface area contributed by atoms with Crippen molar-refractivity contribution in [2.24, 2.45) is 5.84 Å². The third kappa shape index (κ3) is 3.38. The molecule has 0 saturated heterocycles. The van der Waals surface area contributed by atoms with Crippen molar-refractivity contribution in [2.75, 3.05) is 0 Å². The molecule has 1 atom stereocenters. The monoisotopic (exact) mass is 356 g/mol. The summed E-state index contributed by atoms with van der Waals surface area (Å²) in [5.41, 5.74) is 5.65. The van der Waals surface area contributed by atoms with Gasteiger partial charge in [0.05, 0.1) is 11.1 Å². The predicted octanol–water partition coefficient (Wildman–Crippen LogP) is 4.30. The molecule has 0 aromatic heterocycles. The van der Waals surface area contributed by atoms with Gasteiger partial charge in [0.25, 0.3) is 0 Å². The van der Waals surface area contributed by atoms with E-state index in [9.17, 15) is 4.39 Å². The van der Waals surface area contributed by atoms with E-state index in [1.807, 2.05) is 25.1 Å². The lowest BCUT2D eigenvalue weighted by molar-refractivity contribution is 0.546. The number of benzene rings is 2. The Balaban J connectivity index is 2.34. The molecule has 5 heteroatoms. The summed E-state index contributed by atoms with van der Waals surface area (Å²) >= 11 is 9.51. The zero-order chi connectivity index (χ0) is 14.7. The smallest absolute Gasteiger partial charge is 0.142 e. The molecule has 20 heavy (non-hydrogen) atoms. The first kappa shape index (κ1) is 15.4. The maximum Gasteiger partial charge on any atom is 0.142 e. The van der Waals surface area contributed by atoms with E-state index in [4.69, 9.17) is 17.4 Å². The Morgan fingerprint density at radius 1 is 1.35 bits per heavy atom. The van der Waals surface area contributed by atoms with E-state index in [2.05, 4.69) is 21.4 Å². The Morgan fingerprint density at radius 3 is 2.80 bits per heavy atom. The van der Waals surface area contributed by atoms with E-state index in [1.54, 1.807) is 12.1 Å². The second kappa shape index (κ2) is 6.68. The summed E-state index contributed by atoms with van der Waals surface area (Å²) in [6, 6.07) is 10.7. The van der Waals surface area contributed by atoms with Crippen LogP contribution in [0.2, 0.25) is 5.02 Å². The Bertz CT molecular complexity index is 619. The van der Waals surface area contributed by atoms with E-state index in [1.165, 1.54) is 6.07 Å². The van der Waals surface area contributed by atoms with Crippen molar-refractivity contribution >= 4 is 27.5 Å². The van der Waals surface area contributed by atoms with Gasteiger partial charge in [-0.2, -0.15) is 0 Å². The summed E-state index contributed by atoms with van der Waals surface area (Å²) in [6.45, 7) is 2.01. The molecular weight excluding hydrogens is 343 g/mol. The van der Waals surface area contributed by atoms with Crippen LogP contribution in [-0.4, -0.2) is 0 Å². The minimum atomic E-state index is -0.414. The Hall–Kier alpha value is -0.940. The van der Waals surface area contributed by atoms with Crippen molar-refractivity contribution in [1.29, 1.82) is 0 Å². The largest absolute Gasteiger partial charge is 0.271 e. The number of nitrogens with two attached hydrogens (primary N) is 1. The maximum atomic E-state index is 13.5. The molecule has 3 N–H and O–H groups in total. The first-order valence-electron chi connectivity index (χ1n) is 6.18. The highest BCUT2D eigenvalue weighted by Crippen LogP contribution is 2.29. The van der Waals surface area contributed by atoms with Crippen molar-refractivity contribution in [3.05, 3.63) is 68.4 Å². The molecule has 2 rings (SSSR count). The maximum absolute atomic E-state index is 13.5. The van der Waals surface area contributed by atoms with Gasteiger partial charge in [-0.1, -0.05) is 57.4 Å². The summed E-state index contributed by atoms with van der Waals surface area (Å²) in [5.74, 6) is 5.24. The van der Waals surface area contributed by atoms with Crippen LogP contribution in [-0.2, 0) is 6.42 Å². The molecule has 0 aliphatic rings. The number of nitrogens with one attached hydrogen (secondary N) is 1. The number of hydrogen-bond donors (Lipinski definition) is 2. The third-order valence-corrected chi connectivity index (χ3v) is 4.33. The molecule has 0 saturated carbocycles. The molecule has 0 aliphatic carbocycles. The molecule has 2 nitrogen and oxygen atoms in total. The van der Waals surface area contributed by atoms with Gasteiger partial charge in [-0.3, -0.25) is 11.3 Å². The molecule has 1 unspecified atom stereocenters. The Kier molecular flexibility index (Phi) is 5.16. The van der Waals surface area contributed by atoms with Gasteiger partial charge in [0, 0.05) is 4.47 Å². The highest BCUT2D eigenvalue weighted by molar-refractivity contribution is 9.10. The van der Waals surface area contributed by atoms with Gasteiger partial charge in [-0.05, 0) is 36.6 Å². The third-order valence-electron chi connectivity index (χ3n) is 3.18. The van der Waals surface area contributed by atoms with Crippen molar-refractivity contribution in [3.63, 3.8) is 0 Å². The van der Waals surface area contributed by atoms with Crippen LogP contribution < -0.4 is 11.3 Å². The molecule has 0 amide bonds. The number of rotatable bonds is 4. The number of halogens is 3. The minimum Gasteiger partial charge on any atom is -0.271 e. The van der Waals surface area contributed by atoms with Crippen LogP contribution in [0.3, 0.4) is 0 Å². The quantitative estimate of drug-likeness (QED) is 0.632. The number of aryl methyl sites for hydroxylation is 1. The zero-order valence-electron chi connectivity index (χ0n) is 11.0. The lowest BCUT2D eigenvalue weighted by Gasteiger charge is -2.19. The SMILES string of the molecule is Cc1ccc(Br)c(C(Cc2cccc(F)c2Cl)NN)c1. The first-order valence-corrected chi connectivity index (χ1v) is 7.35. The molecule has 106 valence electrons. The fourth-order valence-corrected chi connectivity index (χ4v) is 2.84. The molecule has 2 aromatic carbocycles. The summed E-state index contributed by atoms with van der Waals surface area (Å²) in [4.78, 5) is 0. The van der Waals surface area contributed by atoms with Crippen molar-refractivity contribution in [1.82, 2.24) is 5.43 Å². The average molecular weight is 358 g/mol. The fourth-order valence-electron chi connectivity index (χ4n) is 2.11. The fraction of sp³-hybridized carbons (Fsp3) is 0.200. The van der Waals surface area contributed by atoms with Gasteiger partial charge in [-0.25, -0.2) is 4.39 Å². The van der Waals surface area contributed by atoms with Crippen LogP contribution in [0.25, 0.3) is 0 Å². The minimum absolute atomic E-state index is 0.149. The van der Waals surface area contributed by atoms with E-state index in [0.717, 1.165) is 21.2 Å². The number of hydrogen-bond acceptors (Lipinski definition) is 2. The van der Waals surface area contributed by atoms with Crippen LogP contribution in [0.15, 0.2) is 40.9 Å². The summed E-state index contributed by atoms with van der Waals surface area (Å²) in [6.07, 6.45) is 0.509. The first-order chi connectivity index (χ1) is 9.52. The van der Waals surface area contributed by atoms with E-state index < -0.39 is 5.82 Å². The van der Waals surface area contributed by atoms with E-state index in [0.29, 0.717) is 6.42 Å². The van der Waals surface area contributed by atoms with Gasteiger partial charge in [0.15, 0.2) is 0 Å². The molecule has 0 heterocycles. The van der Waals surface area contributed by atoms with Crippen molar-refractivity contribution < 1.29 is 4.39 Å². The summed E-state index contributed by atoms with van der Waals surface area (Å²) < 4.78 is 14.4. The average Bonchev–Trinajstić information content (AvgIpc) is 2.43. The standard InChI is InChI=1S/C15H15BrClFN2/c1-9-5-6-12(16)11(7-9)14(20-19)8-10-3-2-4-13(18)15(10)17/h2-7,14,20H,8,19H2,1H3. The van der Waals surface area contributed by atoms with Crippen molar-refractivity contribution in [2.45, 2.75) is 19.4 Å². The lowest BCUT2D eigenvalue weighted by atomic mass is 9.98. The highest BCUT2D eigenvalue weighted by atomic mass is 79.9. The molecular formula is C15H15BrClFN2. The van der Waals surface area contributed by atoms with Crippen molar-refractivity contribution in [3.8, 4) is 0 Å². The molecule has 0 fully saturated rings. The second-order valence-electron chi connectivity index (χ2n) is 4.66. The Labute approximate surface area is 131 Å². The molecule has 0 bridgehead atoms. The van der Waals surface area contributed by atoms with Crippen LogP contribution in [0, 0.1) is 12.7 Å². The van der Waals surface area contributed by atoms with Crippen LogP contribution in [0.1, 0.15) is 22.7 Å². The van der Waals surface area contributed by atoms with Crippen LogP contribution in [0.4, 0.5) is 4.39 Å². The van der Waals surface area contributed by atoms with Gasteiger partial charge in [-0.15, -0.1) is 0 Å². The summed E-state index contributed by atoms with van der Waals surface area (Å²) in [7, 11) is 0. The molecule has 0 aliphatic heterocycles.